The number of β-amino-alcohol motifs (C(OH)–C–C–N with tert-alkyl or cyclic N) is 1. The third-order valence-electron chi connectivity index (χ3n) is 5.48. The van der Waals surface area contributed by atoms with Gasteiger partial charge in [-0.1, -0.05) is 0 Å². The Morgan fingerprint density at radius 2 is 1.81 bits per heavy atom. The number of fused-ring (bicyclic) bond motifs is 1. The van der Waals surface area contributed by atoms with Crippen molar-refractivity contribution in [1.29, 1.82) is 0 Å². The number of hydrogen-bond acceptors (Lipinski definition) is 6. The van der Waals surface area contributed by atoms with Crippen LogP contribution in [-0.2, 0) is 4.74 Å². The van der Waals surface area contributed by atoms with Gasteiger partial charge in [0.05, 0.1) is 19.8 Å². The van der Waals surface area contributed by atoms with Crippen LogP contribution >= 0.6 is 0 Å². The average molecular weight is 376 g/mol. The third kappa shape index (κ3) is 4.05. The molecule has 0 spiro atoms. The van der Waals surface area contributed by atoms with Gasteiger partial charge in [0.1, 0.15) is 18.8 Å². The van der Waals surface area contributed by atoms with Gasteiger partial charge in [-0.25, -0.2) is 0 Å². The van der Waals surface area contributed by atoms with Crippen LogP contribution in [0.1, 0.15) is 28.8 Å². The van der Waals surface area contributed by atoms with Crippen molar-refractivity contribution < 1.29 is 24.1 Å². The zero-order valence-corrected chi connectivity index (χ0v) is 15.9. The van der Waals surface area contributed by atoms with E-state index in [0.717, 1.165) is 31.5 Å². The molecule has 0 aromatic heterocycles. The molecular weight excluding hydrogens is 348 g/mol. The molecule has 2 saturated heterocycles. The molecule has 3 heterocycles. The minimum atomic E-state index is -1.04. The van der Waals surface area contributed by atoms with Crippen LogP contribution in [0.4, 0.5) is 0 Å². The second-order valence-electron chi connectivity index (χ2n) is 7.80. The first kappa shape index (κ1) is 18.5. The standard InChI is InChI=1S/C20H28N2O5/c1-15-10-17-18(27-9-8-26-17)11-16(15)19(23)22-6-7-25-14-20(24,13-22)12-21-4-2-3-5-21/h10-11,24H,2-9,12-14H2,1H3/t20-/m1/s1. The molecule has 1 aromatic carbocycles. The molecule has 0 bridgehead atoms. The number of likely N-dealkylation sites (tertiary alicyclic amines) is 1. The number of rotatable bonds is 3. The van der Waals surface area contributed by atoms with Crippen LogP contribution in [0.3, 0.4) is 0 Å². The Hall–Kier alpha value is -1.83. The van der Waals surface area contributed by atoms with Crippen LogP contribution in [0.25, 0.3) is 0 Å². The van der Waals surface area contributed by atoms with E-state index >= 15 is 0 Å². The Balaban J connectivity index is 1.53. The number of ether oxygens (including phenoxy) is 3. The molecule has 3 aliphatic rings. The van der Waals surface area contributed by atoms with Gasteiger partial charge in [0, 0.05) is 18.7 Å². The molecule has 1 atom stereocenters. The molecule has 0 saturated carbocycles. The second kappa shape index (κ2) is 7.66. The maximum atomic E-state index is 13.2. The highest BCUT2D eigenvalue weighted by Crippen LogP contribution is 2.33. The van der Waals surface area contributed by atoms with E-state index in [0.29, 0.717) is 50.0 Å². The summed E-state index contributed by atoms with van der Waals surface area (Å²) in [5.41, 5.74) is 0.389. The largest absolute Gasteiger partial charge is 0.486 e. The fraction of sp³-hybridized carbons (Fsp3) is 0.650. The highest BCUT2D eigenvalue weighted by atomic mass is 16.6. The molecule has 1 aromatic rings. The van der Waals surface area contributed by atoms with E-state index in [1.165, 1.54) is 0 Å². The molecule has 4 rings (SSSR count). The van der Waals surface area contributed by atoms with E-state index < -0.39 is 5.60 Å². The van der Waals surface area contributed by atoms with Gasteiger partial charge in [0.15, 0.2) is 11.5 Å². The molecule has 0 radical (unpaired) electrons. The molecule has 1 N–H and O–H groups in total. The van der Waals surface area contributed by atoms with Crippen molar-refractivity contribution in [3.8, 4) is 11.5 Å². The predicted octanol–water partition coefficient (Wildman–Crippen LogP) is 1.07. The van der Waals surface area contributed by atoms with Gasteiger partial charge >= 0.3 is 0 Å². The molecule has 7 heteroatoms. The van der Waals surface area contributed by atoms with E-state index in [1.54, 1.807) is 11.0 Å². The highest BCUT2D eigenvalue weighted by Gasteiger charge is 2.37. The smallest absolute Gasteiger partial charge is 0.254 e. The molecule has 1 amide bonds. The topological polar surface area (TPSA) is 71.5 Å². The Labute approximate surface area is 159 Å². The van der Waals surface area contributed by atoms with Crippen LogP contribution < -0.4 is 9.47 Å². The Kier molecular flexibility index (Phi) is 5.25. The lowest BCUT2D eigenvalue weighted by Crippen LogP contribution is -2.53. The van der Waals surface area contributed by atoms with Gasteiger partial charge < -0.3 is 29.1 Å². The van der Waals surface area contributed by atoms with Gasteiger partial charge in [0.25, 0.3) is 5.91 Å². The summed E-state index contributed by atoms with van der Waals surface area (Å²) < 4.78 is 16.9. The quantitative estimate of drug-likeness (QED) is 0.851. The number of carbonyl (C=O) groups excluding carboxylic acids is 1. The lowest BCUT2D eigenvalue weighted by molar-refractivity contribution is -0.0524. The van der Waals surface area contributed by atoms with Crippen molar-refractivity contribution in [2.45, 2.75) is 25.4 Å². The molecule has 0 aliphatic carbocycles. The fourth-order valence-electron chi connectivity index (χ4n) is 4.13. The summed E-state index contributed by atoms with van der Waals surface area (Å²) in [5.74, 6) is 1.18. The number of hydrogen-bond donors (Lipinski definition) is 1. The lowest BCUT2D eigenvalue weighted by Gasteiger charge is -2.34. The number of amides is 1. The summed E-state index contributed by atoms with van der Waals surface area (Å²) in [6.07, 6.45) is 2.33. The third-order valence-corrected chi connectivity index (χ3v) is 5.48. The minimum absolute atomic E-state index is 0.102. The molecule has 3 aliphatic heterocycles. The van der Waals surface area contributed by atoms with E-state index in [2.05, 4.69) is 4.90 Å². The fourth-order valence-corrected chi connectivity index (χ4v) is 4.13. The van der Waals surface area contributed by atoms with E-state index in [-0.39, 0.29) is 19.1 Å². The van der Waals surface area contributed by atoms with Crippen molar-refractivity contribution in [2.24, 2.45) is 0 Å². The van der Waals surface area contributed by atoms with E-state index in [1.807, 2.05) is 13.0 Å². The lowest BCUT2D eigenvalue weighted by atomic mass is 10.0. The van der Waals surface area contributed by atoms with Gasteiger partial charge in [0.2, 0.25) is 0 Å². The SMILES string of the molecule is Cc1cc2c(cc1C(=O)N1CCOC[C@@](O)(CN3CCCC3)C1)OCCO2. The summed E-state index contributed by atoms with van der Waals surface area (Å²) >= 11 is 0. The van der Waals surface area contributed by atoms with Gasteiger partial charge in [-0.05, 0) is 50.6 Å². The van der Waals surface area contributed by atoms with Crippen LogP contribution in [0.15, 0.2) is 12.1 Å². The Morgan fingerprint density at radius 3 is 2.56 bits per heavy atom. The Bertz CT molecular complexity index is 704. The van der Waals surface area contributed by atoms with Gasteiger partial charge in [-0.2, -0.15) is 0 Å². The van der Waals surface area contributed by atoms with Crippen molar-refractivity contribution in [2.75, 3.05) is 59.2 Å². The van der Waals surface area contributed by atoms with Crippen LogP contribution in [0.2, 0.25) is 0 Å². The van der Waals surface area contributed by atoms with Crippen molar-refractivity contribution in [3.05, 3.63) is 23.3 Å². The summed E-state index contributed by atoms with van der Waals surface area (Å²) in [6, 6.07) is 3.61. The van der Waals surface area contributed by atoms with E-state index in [4.69, 9.17) is 14.2 Å². The first-order valence-electron chi connectivity index (χ1n) is 9.76. The number of aryl methyl sites for hydroxylation is 1. The van der Waals surface area contributed by atoms with Crippen molar-refractivity contribution in [3.63, 3.8) is 0 Å². The number of nitrogens with zero attached hydrogens (tertiary/aromatic N) is 2. The molecule has 7 nitrogen and oxygen atoms in total. The van der Waals surface area contributed by atoms with Gasteiger partial charge in [-0.3, -0.25) is 4.79 Å². The van der Waals surface area contributed by atoms with E-state index in [9.17, 15) is 9.90 Å². The summed E-state index contributed by atoms with van der Waals surface area (Å²) in [5, 5.41) is 11.1. The Morgan fingerprint density at radius 1 is 1.11 bits per heavy atom. The number of benzene rings is 1. The maximum absolute atomic E-state index is 13.2. The van der Waals surface area contributed by atoms with Crippen molar-refractivity contribution in [1.82, 2.24) is 9.80 Å². The first-order chi connectivity index (χ1) is 13.0. The average Bonchev–Trinajstić information content (AvgIpc) is 3.07. The summed E-state index contributed by atoms with van der Waals surface area (Å²) in [4.78, 5) is 17.2. The minimum Gasteiger partial charge on any atom is -0.486 e. The monoisotopic (exact) mass is 376 g/mol. The number of aliphatic hydroxyl groups is 1. The number of carbonyl (C=O) groups is 1. The highest BCUT2D eigenvalue weighted by molar-refractivity contribution is 5.96. The second-order valence-corrected chi connectivity index (χ2v) is 7.80. The molecule has 0 unspecified atom stereocenters. The molecular formula is C20H28N2O5. The van der Waals surface area contributed by atoms with Crippen LogP contribution in [0, 0.1) is 6.92 Å². The molecule has 27 heavy (non-hydrogen) atoms. The zero-order valence-electron chi connectivity index (χ0n) is 15.9. The van der Waals surface area contributed by atoms with Gasteiger partial charge in [-0.15, -0.1) is 0 Å². The normalized spacial score (nSPS) is 26.1. The molecule has 2 fully saturated rings. The predicted molar refractivity (Wildman–Crippen MR) is 99.5 cm³/mol. The van der Waals surface area contributed by atoms with Crippen molar-refractivity contribution >= 4 is 5.91 Å². The van der Waals surface area contributed by atoms with Crippen LogP contribution in [-0.4, -0.2) is 85.6 Å². The summed E-state index contributed by atoms with van der Waals surface area (Å²) in [6.45, 7) is 6.86. The first-order valence-corrected chi connectivity index (χ1v) is 9.76. The molecule has 148 valence electrons. The maximum Gasteiger partial charge on any atom is 0.254 e. The summed E-state index contributed by atoms with van der Waals surface area (Å²) in [7, 11) is 0. The zero-order chi connectivity index (χ0) is 18.9. The van der Waals surface area contributed by atoms with Crippen LogP contribution in [0.5, 0.6) is 11.5 Å².